The van der Waals surface area contributed by atoms with Crippen LogP contribution in [0.4, 0.5) is 0 Å². The van der Waals surface area contributed by atoms with Gasteiger partial charge in [-0.1, -0.05) is 29.8 Å². The van der Waals surface area contributed by atoms with Crippen LogP contribution in [-0.4, -0.2) is 31.5 Å². The van der Waals surface area contributed by atoms with Crippen LogP contribution in [0.5, 0.6) is 0 Å². The van der Waals surface area contributed by atoms with Gasteiger partial charge in [0.15, 0.2) is 0 Å². The minimum Gasteiger partial charge on any atom is -0.394 e. The lowest BCUT2D eigenvalue weighted by molar-refractivity contribution is 0.0938. The first-order chi connectivity index (χ1) is 7.33. The minimum absolute atomic E-state index is 0.0951. The molecule has 3 nitrogen and oxygen atoms in total. The van der Waals surface area contributed by atoms with E-state index in [1.54, 1.807) is 0 Å². The van der Waals surface area contributed by atoms with Crippen molar-refractivity contribution in [1.82, 2.24) is 5.32 Å². The largest absolute Gasteiger partial charge is 0.394 e. The maximum absolute atomic E-state index is 8.49. The Morgan fingerprint density at radius 2 is 2.20 bits per heavy atom. The Morgan fingerprint density at radius 1 is 1.33 bits per heavy atom. The van der Waals surface area contributed by atoms with E-state index in [0.29, 0.717) is 13.2 Å². The zero-order valence-electron chi connectivity index (χ0n) is 9.20. The summed E-state index contributed by atoms with van der Waals surface area (Å²) in [4.78, 5) is 0. The molecule has 2 N–H and O–H groups in total. The monoisotopic (exact) mass is 209 g/mol. The first kappa shape index (κ1) is 12.2. The van der Waals surface area contributed by atoms with Crippen LogP contribution >= 0.6 is 0 Å². The maximum Gasteiger partial charge on any atom is 0.0698 e. The molecule has 1 aromatic rings. The van der Waals surface area contributed by atoms with Gasteiger partial charge in [-0.25, -0.2) is 0 Å². The molecule has 1 rings (SSSR count). The third-order valence-electron chi connectivity index (χ3n) is 2.07. The van der Waals surface area contributed by atoms with Crippen molar-refractivity contribution in [2.24, 2.45) is 0 Å². The smallest absolute Gasteiger partial charge is 0.0698 e. The van der Waals surface area contributed by atoms with E-state index in [9.17, 15) is 0 Å². The van der Waals surface area contributed by atoms with Crippen molar-refractivity contribution in [3.63, 3.8) is 0 Å². The average molecular weight is 209 g/mol. The van der Waals surface area contributed by atoms with E-state index < -0.39 is 0 Å². The van der Waals surface area contributed by atoms with Crippen LogP contribution in [0.15, 0.2) is 24.3 Å². The van der Waals surface area contributed by atoms with Gasteiger partial charge in [0.25, 0.3) is 0 Å². The highest BCUT2D eigenvalue weighted by atomic mass is 16.5. The molecule has 15 heavy (non-hydrogen) atoms. The molecule has 0 aliphatic carbocycles. The van der Waals surface area contributed by atoms with Crippen molar-refractivity contribution in [2.75, 3.05) is 26.4 Å². The predicted octanol–water partition coefficient (Wildman–Crippen LogP) is 1.09. The van der Waals surface area contributed by atoms with Gasteiger partial charge < -0.3 is 15.2 Å². The Morgan fingerprint density at radius 3 is 2.93 bits per heavy atom. The van der Waals surface area contributed by atoms with Crippen LogP contribution in [0, 0.1) is 6.92 Å². The molecule has 0 atom stereocenters. The fraction of sp³-hybridized carbons (Fsp3) is 0.500. The summed E-state index contributed by atoms with van der Waals surface area (Å²) >= 11 is 0. The number of ether oxygens (including phenoxy) is 1. The van der Waals surface area contributed by atoms with Gasteiger partial charge in [-0.3, -0.25) is 0 Å². The molecule has 0 aliphatic heterocycles. The summed E-state index contributed by atoms with van der Waals surface area (Å²) in [5.74, 6) is 0. The standard InChI is InChI=1S/C12H19NO2/c1-11-3-2-4-12(9-11)10-13-5-7-15-8-6-14/h2-4,9,13-14H,5-8,10H2,1H3. The lowest BCUT2D eigenvalue weighted by Crippen LogP contribution is -2.20. The fourth-order valence-electron chi connectivity index (χ4n) is 1.37. The molecule has 0 saturated heterocycles. The molecule has 0 bridgehead atoms. The summed E-state index contributed by atoms with van der Waals surface area (Å²) < 4.78 is 5.13. The Bertz CT molecular complexity index is 276. The summed E-state index contributed by atoms with van der Waals surface area (Å²) in [6.07, 6.45) is 0. The number of aliphatic hydroxyl groups is 1. The molecule has 0 radical (unpaired) electrons. The van der Waals surface area contributed by atoms with Gasteiger partial charge in [-0.2, -0.15) is 0 Å². The van der Waals surface area contributed by atoms with Crippen LogP contribution in [0.3, 0.4) is 0 Å². The maximum atomic E-state index is 8.49. The Hall–Kier alpha value is -0.900. The Kier molecular flexibility index (Phi) is 6.00. The van der Waals surface area contributed by atoms with Gasteiger partial charge in [0.1, 0.15) is 0 Å². The first-order valence-corrected chi connectivity index (χ1v) is 5.28. The molecule has 0 spiro atoms. The number of nitrogens with one attached hydrogen (secondary N) is 1. The van der Waals surface area contributed by atoms with Gasteiger partial charge in [-0.15, -0.1) is 0 Å². The zero-order chi connectivity index (χ0) is 10.9. The highest BCUT2D eigenvalue weighted by Gasteiger charge is 1.92. The lowest BCUT2D eigenvalue weighted by atomic mass is 10.1. The van der Waals surface area contributed by atoms with Crippen LogP contribution in [0.1, 0.15) is 11.1 Å². The Labute approximate surface area is 91.1 Å². The number of hydrogen-bond acceptors (Lipinski definition) is 3. The number of aliphatic hydroxyl groups excluding tert-OH is 1. The summed E-state index contributed by atoms with van der Waals surface area (Å²) in [6.45, 7) is 4.93. The van der Waals surface area contributed by atoms with E-state index in [1.807, 2.05) is 0 Å². The molecule has 0 fully saturated rings. The molecule has 0 amide bonds. The van der Waals surface area contributed by atoms with E-state index in [1.165, 1.54) is 11.1 Å². The summed E-state index contributed by atoms with van der Waals surface area (Å²) in [5.41, 5.74) is 2.57. The van der Waals surface area contributed by atoms with Crippen molar-refractivity contribution in [3.05, 3.63) is 35.4 Å². The second kappa shape index (κ2) is 7.40. The third kappa shape index (κ3) is 5.52. The van der Waals surface area contributed by atoms with Gasteiger partial charge in [0.2, 0.25) is 0 Å². The molecular formula is C12H19NO2. The molecule has 1 aromatic carbocycles. The van der Waals surface area contributed by atoms with E-state index >= 15 is 0 Å². The second-order valence-electron chi connectivity index (χ2n) is 3.50. The van der Waals surface area contributed by atoms with Crippen LogP contribution in [-0.2, 0) is 11.3 Å². The normalized spacial score (nSPS) is 10.5. The van der Waals surface area contributed by atoms with Gasteiger partial charge >= 0.3 is 0 Å². The predicted molar refractivity (Wildman–Crippen MR) is 60.8 cm³/mol. The zero-order valence-corrected chi connectivity index (χ0v) is 9.20. The molecule has 0 heterocycles. The number of benzene rings is 1. The molecule has 0 aromatic heterocycles. The highest BCUT2D eigenvalue weighted by molar-refractivity contribution is 5.21. The number of rotatable bonds is 7. The van der Waals surface area contributed by atoms with Crippen LogP contribution in [0.25, 0.3) is 0 Å². The van der Waals surface area contributed by atoms with E-state index in [4.69, 9.17) is 9.84 Å². The SMILES string of the molecule is Cc1cccc(CNCCOCCO)c1. The molecular weight excluding hydrogens is 190 g/mol. The second-order valence-corrected chi connectivity index (χ2v) is 3.50. The number of hydrogen-bond donors (Lipinski definition) is 2. The van der Waals surface area contributed by atoms with Crippen molar-refractivity contribution in [1.29, 1.82) is 0 Å². The van der Waals surface area contributed by atoms with Gasteiger partial charge in [-0.05, 0) is 12.5 Å². The van der Waals surface area contributed by atoms with Gasteiger partial charge in [0, 0.05) is 13.1 Å². The quantitative estimate of drug-likeness (QED) is 0.661. The van der Waals surface area contributed by atoms with Crippen molar-refractivity contribution < 1.29 is 9.84 Å². The van der Waals surface area contributed by atoms with Crippen LogP contribution < -0.4 is 5.32 Å². The van der Waals surface area contributed by atoms with Crippen molar-refractivity contribution >= 4 is 0 Å². The van der Waals surface area contributed by atoms with E-state index in [-0.39, 0.29) is 6.61 Å². The molecule has 84 valence electrons. The molecule has 0 aliphatic rings. The average Bonchev–Trinajstić information content (AvgIpc) is 2.23. The van der Waals surface area contributed by atoms with Crippen molar-refractivity contribution in [3.8, 4) is 0 Å². The topological polar surface area (TPSA) is 41.5 Å². The fourth-order valence-corrected chi connectivity index (χ4v) is 1.37. The first-order valence-electron chi connectivity index (χ1n) is 5.28. The minimum atomic E-state index is 0.0951. The summed E-state index contributed by atoms with van der Waals surface area (Å²) in [5, 5.41) is 11.8. The summed E-state index contributed by atoms with van der Waals surface area (Å²) in [7, 11) is 0. The molecule has 3 heteroatoms. The highest BCUT2D eigenvalue weighted by Crippen LogP contribution is 2.02. The molecule has 0 unspecified atom stereocenters. The van der Waals surface area contributed by atoms with Crippen LogP contribution in [0.2, 0.25) is 0 Å². The Balaban J connectivity index is 2.10. The van der Waals surface area contributed by atoms with Gasteiger partial charge in [0.05, 0.1) is 19.8 Å². The van der Waals surface area contributed by atoms with Crippen molar-refractivity contribution in [2.45, 2.75) is 13.5 Å². The summed E-state index contributed by atoms with van der Waals surface area (Å²) in [6, 6.07) is 8.43. The van der Waals surface area contributed by atoms with E-state index in [2.05, 4.69) is 36.5 Å². The lowest BCUT2D eigenvalue weighted by Gasteiger charge is -2.05. The third-order valence-corrected chi connectivity index (χ3v) is 2.07. The number of aryl methyl sites for hydroxylation is 1. The molecule has 0 saturated carbocycles. The van der Waals surface area contributed by atoms with E-state index in [0.717, 1.165) is 13.1 Å².